The van der Waals surface area contributed by atoms with Gasteiger partial charge >= 0.3 is 5.97 Å². The number of rotatable bonds is 8. The van der Waals surface area contributed by atoms with Crippen molar-refractivity contribution in [2.75, 3.05) is 18.1 Å². The van der Waals surface area contributed by atoms with Crippen LogP contribution >= 0.6 is 0 Å². The van der Waals surface area contributed by atoms with Gasteiger partial charge < -0.3 is 9.64 Å². The maximum absolute atomic E-state index is 12.9. The third kappa shape index (κ3) is 4.52. The first kappa shape index (κ1) is 22.7. The van der Waals surface area contributed by atoms with E-state index in [1.54, 1.807) is 56.3 Å². The van der Waals surface area contributed by atoms with Crippen molar-refractivity contribution >= 4 is 29.4 Å². The number of fused-ring (bicyclic) bond motifs is 1. The zero-order chi connectivity index (χ0) is 23.3. The van der Waals surface area contributed by atoms with Crippen LogP contribution < -0.4 is 4.90 Å². The van der Waals surface area contributed by atoms with Gasteiger partial charge in [0.2, 0.25) is 0 Å². The zero-order valence-electron chi connectivity index (χ0n) is 17.9. The van der Waals surface area contributed by atoms with Crippen molar-refractivity contribution in [1.82, 2.24) is 4.90 Å². The summed E-state index contributed by atoms with van der Waals surface area (Å²) in [5, 5.41) is 8.90. The largest absolute Gasteiger partial charge is 0.454 e. The summed E-state index contributed by atoms with van der Waals surface area (Å²) in [6, 6.07) is 15.9. The standard InChI is InChI=1S/C24H23N3O5/c1-16(2)21(27-22(29)18-11-6-7-12-19(18)23(27)30)24(31)32-15-20(28)26(14-8-13-25)17-9-4-3-5-10-17/h3-7,9-12,16,21H,8,14-15H2,1-2H3/t21-/m1/s1. The summed E-state index contributed by atoms with van der Waals surface area (Å²) in [6.45, 7) is 2.95. The molecule has 0 fully saturated rings. The summed E-state index contributed by atoms with van der Waals surface area (Å²) < 4.78 is 5.26. The van der Waals surface area contributed by atoms with Crippen LogP contribution in [0.1, 0.15) is 41.0 Å². The predicted molar refractivity (Wildman–Crippen MR) is 116 cm³/mol. The lowest BCUT2D eigenvalue weighted by atomic mass is 10.0. The molecular weight excluding hydrogens is 410 g/mol. The number of esters is 1. The van der Waals surface area contributed by atoms with Gasteiger partial charge in [-0.25, -0.2) is 4.79 Å². The molecule has 0 spiro atoms. The normalized spacial score (nSPS) is 13.5. The van der Waals surface area contributed by atoms with E-state index in [0.29, 0.717) is 5.69 Å². The molecule has 32 heavy (non-hydrogen) atoms. The molecule has 0 saturated heterocycles. The van der Waals surface area contributed by atoms with Crippen molar-refractivity contribution in [1.29, 1.82) is 5.26 Å². The fourth-order valence-electron chi connectivity index (χ4n) is 3.60. The van der Waals surface area contributed by atoms with Crippen LogP contribution in [0.2, 0.25) is 0 Å². The number of para-hydroxylation sites is 1. The number of anilines is 1. The summed E-state index contributed by atoms with van der Waals surface area (Å²) in [4.78, 5) is 53.5. The van der Waals surface area contributed by atoms with Crippen LogP contribution in [0, 0.1) is 17.2 Å². The number of nitriles is 1. The number of imide groups is 1. The molecule has 0 N–H and O–H groups in total. The Balaban J connectivity index is 1.74. The first-order valence-electron chi connectivity index (χ1n) is 10.2. The van der Waals surface area contributed by atoms with E-state index in [2.05, 4.69) is 0 Å². The van der Waals surface area contributed by atoms with E-state index in [4.69, 9.17) is 10.00 Å². The third-order valence-electron chi connectivity index (χ3n) is 5.13. The lowest BCUT2D eigenvalue weighted by molar-refractivity contribution is -0.153. The van der Waals surface area contributed by atoms with Crippen LogP contribution in [-0.2, 0) is 14.3 Å². The monoisotopic (exact) mass is 433 g/mol. The van der Waals surface area contributed by atoms with E-state index >= 15 is 0 Å². The van der Waals surface area contributed by atoms with Crippen LogP contribution in [0.4, 0.5) is 5.69 Å². The molecule has 1 heterocycles. The Kier molecular flexibility index (Phi) is 7.00. The zero-order valence-corrected chi connectivity index (χ0v) is 17.9. The number of carbonyl (C=O) groups is 4. The lowest BCUT2D eigenvalue weighted by Crippen LogP contribution is -2.49. The second-order valence-electron chi connectivity index (χ2n) is 7.61. The maximum Gasteiger partial charge on any atom is 0.330 e. The van der Waals surface area contributed by atoms with Gasteiger partial charge in [-0.2, -0.15) is 5.26 Å². The van der Waals surface area contributed by atoms with Crippen LogP contribution in [0.15, 0.2) is 54.6 Å². The maximum atomic E-state index is 12.9. The van der Waals surface area contributed by atoms with Gasteiger partial charge in [-0.05, 0) is 30.2 Å². The second kappa shape index (κ2) is 9.88. The quantitative estimate of drug-likeness (QED) is 0.468. The molecule has 1 aliphatic heterocycles. The molecule has 1 atom stereocenters. The molecule has 8 heteroatoms. The van der Waals surface area contributed by atoms with Gasteiger partial charge in [-0.1, -0.05) is 44.2 Å². The van der Waals surface area contributed by atoms with Crippen LogP contribution in [0.3, 0.4) is 0 Å². The van der Waals surface area contributed by atoms with E-state index in [1.165, 1.54) is 17.0 Å². The van der Waals surface area contributed by atoms with Crippen molar-refractivity contribution in [2.45, 2.75) is 26.3 Å². The van der Waals surface area contributed by atoms with E-state index in [1.807, 2.05) is 6.07 Å². The summed E-state index contributed by atoms with van der Waals surface area (Å²) in [5.41, 5.74) is 1.04. The molecule has 0 radical (unpaired) electrons. The van der Waals surface area contributed by atoms with Gasteiger partial charge in [0, 0.05) is 12.2 Å². The number of ether oxygens (including phenoxy) is 1. The average Bonchev–Trinajstić information content (AvgIpc) is 3.04. The average molecular weight is 433 g/mol. The fraction of sp³-hybridized carbons (Fsp3) is 0.292. The van der Waals surface area contributed by atoms with Crippen molar-refractivity contribution in [2.24, 2.45) is 5.92 Å². The third-order valence-corrected chi connectivity index (χ3v) is 5.13. The Labute approximate surface area is 186 Å². The minimum Gasteiger partial charge on any atom is -0.454 e. The van der Waals surface area contributed by atoms with E-state index in [-0.39, 0.29) is 24.1 Å². The molecule has 2 aromatic carbocycles. The minimum absolute atomic E-state index is 0.109. The highest BCUT2D eigenvalue weighted by Crippen LogP contribution is 2.27. The molecule has 1 aliphatic rings. The van der Waals surface area contributed by atoms with Crippen LogP contribution in [0.25, 0.3) is 0 Å². The van der Waals surface area contributed by atoms with Crippen LogP contribution in [-0.4, -0.2) is 47.8 Å². The summed E-state index contributed by atoms with van der Waals surface area (Å²) in [5.74, 6) is -2.90. The minimum atomic E-state index is -1.17. The van der Waals surface area contributed by atoms with Gasteiger partial charge in [0.1, 0.15) is 6.04 Å². The van der Waals surface area contributed by atoms with Crippen LogP contribution in [0.5, 0.6) is 0 Å². The van der Waals surface area contributed by atoms with Gasteiger partial charge in [0.15, 0.2) is 6.61 Å². The molecule has 8 nitrogen and oxygen atoms in total. The molecule has 0 unspecified atom stereocenters. The number of hydrogen-bond donors (Lipinski definition) is 0. The van der Waals surface area contributed by atoms with E-state index < -0.39 is 42.3 Å². The first-order valence-corrected chi connectivity index (χ1v) is 10.2. The molecule has 2 aromatic rings. The van der Waals surface area contributed by atoms with Crippen molar-refractivity contribution < 1.29 is 23.9 Å². The summed E-state index contributed by atoms with van der Waals surface area (Å²) >= 11 is 0. The van der Waals surface area contributed by atoms with Gasteiger partial charge in [0.05, 0.1) is 23.6 Å². The number of hydrogen-bond acceptors (Lipinski definition) is 6. The summed E-state index contributed by atoms with van der Waals surface area (Å²) in [6.07, 6.45) is 0.109. The Morgan fingerprint density at radius 2 is 1.56 bits per heavy atom. The van der Waals surface area contributed by atoms with Crippen molar-refractivity contribution in [3.63, 3.8) is 0 Å². The van der Waals surface area contributed by atoms with E-state index in [9.17, 15) is 19.2 Å². The Hall–Kier alpha value is -3.99. The Morgan fingerprint density at radius 1 is 1.00 bits per heavy atom. The molecular formula is C24H23N3O5. The Bertz CT molecular complexity index is 1040. The number of benzene rings is 2. The highest BCUT2D eigenvalue weighted by Gasteiger charge is 2.44. The molecule has 0 bridgehead atoms. The highest BCUT2D eigenvalue weighted by molar-refractivity contribution is 6.22. The van der Waals surface area contributed by atoms with Gasteiger partial charge in [-0.15, -0.1) is 0 Å². The van der Waals surface area contributed by atoms with Crippen molar-refractivity contribution in [3.8, 4) is 6.07 Å². The lowest BCUT2D eigenvalue weighted by Gasteiger charge is -2.28. The number of nitrogens with zero attached hydrogens (tertiary/aromatic N) is 3. The van der Waals surface area contributed by atoms with Crippen molar-refractivity contribution in [3.05, 3.63) is 65.7 Å². The Morgan fingerprint density at radius 3 is 2.09 bits per heavy atom. The topological polar surface area (TPSA) is 108 Å². The molecule has 164 valence electrons. The van der Waals surface area contributed by atoms with Gasteiger partial charge in [0.25, 0.3) is 17.7 Å². The molecule has 0 aliphatic carbocycles. The predicted octanol–water partition coefficient (Wildman–Crippen LogP) is 2.80. The molecule has 0 saturated carbocycles. The van der Waals surface area contributed by atoms with E-state index in [0.717, 1.165) is 4.90 Å². The summed E-state index contributed by atoms with van der Waals surface area (Å²) in [7, 11) is 0. The molecule has 3 amide bonds. The number of amides is 3. The molecule has 3 rings (SSSR count). The van der Waals surface area contributed by atoms with Gasteiger partial charge in [-0.3, -0.25) is 19.3 Å². The smallest absolute Gasteiger partial charge is 0.330 e. The first-order chi connectivity index (χ1) is 15.4. The highest BCUT2D eigenvalue weighted by atomic mass is 16.5. The second-order valence-corrected chi connectivity index (χ2v) is 7.61. The molecule has 0 aromatic heterocycles. The fourth-order valence-corrected chi connectivity index (χ4v) is 3.60. The SMILES string of the molecule is CC(C)[C@H](C(=O)OCC(=O)N(CCC#N)c1ccccc1)N1C(=O)c2ccccc2C1=O. The number of carbonyl (C=O) groups excluding carboxylic acids is 4.